The summed E-state index contributed by atoms with van der Waals surface area (Å²) in [6.45, 7) is 5.83. The minimum absolute atomic E-state index is 0.0551. The Bertz CT molecular complexity index is 1700. The second kappa shape index (κ2) is 12.3. The SMILES string of the molecule is C=CC(=O)N[C@H]1CN(c2cnn(C)c2)C[C@H]1Nc1ncc2cc(-c3c(Cl)c(OC)cc(OC)c3Cl)nc(NC3COC3)c2n1. The number of hydrogen-bond acceptors (Lipinski definition) is 11. The summed E-state index contributed by atoms with van der Waals surface area (Å²) in [5, 5.41) is 15.5. The number of pyridine rings is 1. The van der Waals surface area contributed by atoms with Crippen LogP contribution in [0.5, 0.6) is 11.5 Å². The number of amides is 1. The smallest absolute Gasteiger partial charge is 0.243 e. The number of rotatable bonds is 10. The molecule has 0 bridgehead atoms. The second-order valence-corrected chi connectivity index (χ2v) is 11.3. The van der Waals surface area contributed by atoms with E-state index in [9.17, 15) is 4.79 Å². The van der Waals surface area contributed by atoms with E-state index in [0.717, 1.165) is 5.69 Å². The van der Waals surface area contributed by atoms with Gasteiger partial charge in [0.25, 0.3) is 0 Å². The number of halogens is 2. The van der Waals surface area contributed by atoms with Gasteiger partial charge in [-0.1, -0.05) is 29.8 Å². The van der Waals surface area contributed by atoms with Gasteiger partial charge < -0.3 is 35.1 Å². The fourth-order valence-electron chi connectivity index (χ4n) is 5.25. The van der Waals surface area contributed by atoms with Gasteiger partial charge in [0.05, 0.1) is 73.2 Å². The predicted octanol–water partition coefficient (Wildman–Crippen LogP) is 3.53. The van der Waals surface area contributed by atoms with Crippen LogP contribution >= 0.6 is 23.2 Å². The quantitative estimate of drug-likeness (QED) is 0.219. The summed E-state index contributed by atoms with van der Waals surface area (Å²) in [5.74, 6) is 1.45. The maximum absolute atomic E-state index is 12.3. The summed E-state index contributed by atoms with van der Waals surface area (Å²) >= 11 is 13.5. The van der Waals surface area contributed by atoms with Crippen molar-refractivity contribution in [2.75, 3.05) is 56.1 Å². The largest absolute Gasteiger partial charge is 0.495 e. The molecule has 3 aromatic heterocycles. The van der Waals surface area contributed by atoms with E-state index in [1.165, 1.54) is 20.3 Å². The van der Waals surface area contributed by atoms with E-state index in [4.69, 9.17) is 47.4 Å². The number of anilines is 3. The number of carbonyl (C=O) groups is 1. The first-order valence-electron chi connectivity index (χ1n) is 13.8. The van der Waals surface area contributed by atoms with E-state index in [0.29, 0.717) is 81.8 Å². The van der Waals surface area contributed by atoms with Crippen LogP contribution in [0, 0.1) is 0 Å². The molecule has 2 fully saturated rings. The first kappa shape index (κ1) is 29.7. The lowest BCUT2D eigenvalue weighted by Gasteiger charge is -2.28. The molecule has 230 valence electrons. The van der Waals surface area contributed by atoms with Gasteiger partial charge in [0, 0.05) is 49.5 Å². The van der Waals surface area contributed by atoms with Crippen molar-refractivity contribution >= 4 is 57.5 Å². The van der Waals surface area contributed by atoms with Crippen molar-refractivity contribution < 1.29 is 19.0 Å². The minimum Gasteiger partial charge on any atom is -0.495 e. The Hall–Kier alpha value is -4.33. The number of methoxy groups -OCH3 is 2. The van der Waals surface area contributed by atoms with Crippen molar-refractivity contribution in [3.05, 3.63) is 53.4 Å². The molecule has 1 amide bonds. The van der Waals surface area contributed by atoms with Crippen LogP contribution < -0.4 is 30.3 Å². The Labute approximate surface area is 263 Å². The lowest BCUT2D eigenvalue weighted by atomic mass is 10.1. The lowest BCUT2D eigenvalue weighted by molar-refractivity contribution is -0.117. The number of aryl methyl sites for hydroxylation is 1. The van der Waals surface area contributed by atoms with Crippen molar-refractivity contribution in [2.24, 2.45) is 7.05 Å². The van der Waals surface area contributed by atoms with Gasteiger partial charge in [-0.3, -0.25) is 9.48 Å². The Kier molecular flexibility index (Phi) is 8.34. The number of fused-ring (bicyclic) bond motifs is 1. The van der Waals surface area contributed by atoms with Gasteiger partial charge >= 0.3 is 0 Å². The third-order valence-electron chi connectivity index (χ3n) is 7.58. The predicted molar refractivity (Wildman–Crippen MR) is 169 cm³/mol. The lowest BCUT2D eigenvalue weighted by Crippen LogP contribution is -2.45. The molecule has 3 N–H and O–H groups in total. The molecule has 2 saturated heterocycles. The molecular weight excluding hydrogens is 609 g/mol. The van der Waals surface area contributed by atoms with Crippen LogP contribution in [0.1, 0.15) is 0 Å². The molecule has 0 spiro atoms. The fraction of sp³-hybridized carbons (Fsp3) is 0.345. The third-order valence-corrected chi connectivity index (χ3v) is 8.33. The molecule has 0 radical (unpaired) electrons. The van der Waals surface area contributed by atoms with Crippen LogP contribution in [0.15, 0.2) is 43.4 Å². The Morgan fingerprint density at radius 1 is 1.07 bits per heavy atom. The summed E-state index contributed by atoms with van der Waals surface area (Å²) in [4.78, 5) is 28.8. The van der Waals surface area contributed by atoms with Gasteiger partial charge in [0.15, 0.2) is 5.82 Å². The molecule has 13 nitrogen and oxygen atoms in total. The van der Waals surface area contributed by atoms with Crippen LogP contribution in [0.3, 0.4) is 0 Å². The molecule has 0 saturated carbocycles. The molecule has 5 heterocycles. The van der Waals surface area contributed by atoms with Crippen LogP contribution in [-0.4, -0.2) is 89.3 Å². The first-order valence-corrected chi connectivity index (χ1v) is 14.6. The van der Waals surface area contributed by atoms with E-state index >= 15 is 0 Å². The van der Waals surface area contributed by atoms with Gasteiger partial charge in [-0.25, -0.2) is 15.0 Å². The Morgan fingerprint density at radius 2 is 1.80 bits per heavy atom. The number of carbonyl (C=O) groups excluding carboxylic acids is 1. The summed E-state index contributed by atoms with van der Waals surface area (Å²) in [6.07, 6.45) is 6.70. The number of nitrogens with one attached hydrogen (secondary N) is 3. The molecule has 2 aliphatic rings. The Balaban J connectivity index is 1.37. The molecule has 0 unspecified atom stereocenters. The van der Waals surface area contributed by atoms with Gasteiger partial charge in [0.1, 0.15) is 17.0 Å². The van der Waals surface area contributed by atoms with Crippen molar-refractivity contribution in [3.8, 4) is 22.8 Å². The third kappa shape index (κ3) is 5.77. The number of aromatic nitrogens is 5. The fourth-order valence-corrected chi connectivity index (χ4v) is 5.94. The van der Waals surface area contributed by atoms with E-state index in [2.05, 4.69) is 37.5 Å². The zero-order chi connectivity index (χ0) is 31.0. The molecule has 4 aromatic rings. The van der Waals surface area contributed by atoms with Crippen molar-refractivity contribution in [1.82, 2.24) is 30.0 Å². The van der Waals surface area contributed by atoms with Crippen LogP contribution in [-0.2, 0) is 16.6 Å². The second-order valence-electron chi connectivity index (χ2n) is 10.5. The maximum Gasteiger partial charge on any atom is 0.243 e. The standard InChI is InChI=1S/C29H31Cl2N9O4/c1-5-23(41)35-19-11-40(17-9-33-39(2)10-17)12-20(19)37-29-32-8-15-6-18(36-28(27(15)38-29)34-16-13-44-14-16)24-25(30)21(42-3)7-22(43-4)26(24)31/h5-10,16,19-20H,1,11-14H2,2-4H3,(H,34,36)(H,35,41)(H,32,37,38)/t19-,20+/m0/s1. The minimum atomic E-state index is -0.258. The van der Waals surface area contributed by atoms with Crippen molar-refractivity contribution in [2.45, 2.75) is 18.1 Å². The van der Waals surface area contributed by atoms with E-state index in [1.807, 2.05) is 19.3 Å². The summed E-state index contributed by atoms with van der Waals surface area (Å²) in [7, 11) is 4.90. The average molecular weight is 641 g/mol. The van der Waals surface area contributed by atoms with Crippen molar-refractivity contribution in [3.63, 3.8) is 0 Å². The summed E-state index contributed by atoms with van der Waals surface area (Å²) in [5.41, 5.74) is 2.50. The van der Waals surface area contributed by atoms with E-state index < -0.39 is 0 Å². The Morgan fingerprint density at radius 3 is 2.41 bits per heavy atom. The number of hydrogen-bond donors (Lipinski definition) is 3. The highest BCUT2D eigenvalue weighted by molar-refractivity contribution is 6.41. The summed E-state index contributed by atoms with van der Waals surface area (Å²) < 4.78 is 18.1. The maximum atomic E-state index is 12.3. The highest BCUT2D eigenvalue weighted by Crippen LogP contribution is 2.46. The average Bonchev–Trinajstić information content (AvgIpc) is 3.60. The highest BCUT2D eigenvalue weighted by atomic mass is 35.5. The normalized spacial score (nSPS) is 18.2. The molecule has 1 aromatic carbocycles. The van der Waals surface area contributed by atoms with Gasteiger partial charge in [0.2, 0.25) is 11.9 Å². The molecule has 6 rings (SSSR count). The van der Waals surface area contributed by atoms with Crippen LogP contribution in [0.25, 0.3) is 22.2 Å². The summed E-state index contributed by atoms with van der Waals surface area (Å²) in [6, 6.07) is 3.06. The van der Waals surface area contributed by atoms with Crippen LogP contribution in [0.4, 0.5) is 17.5 Å². The number of nitrogens with zero attached hydrogens (tertiary/aromatic N) is 6. The number of benzene rings is 1. The topological polar surface area (TPSA) is 141 Å². The van der Waals surface area contributed by atoms with Gasteiger partial charge in [-0.15, -0.1) is 0 Å². The number of ether oxygens (including phenoxy) is 3. The van der Waals surface area contributed by atoms with E-state index in [1.54, 1.807) is 23.1 Å². The van der Waals surface area contributed by atoms with Gasteiger partial charge in [-0.05, 0) is 12.1 Å². The monoisotopic (exact) mass is 639 g/mol. The zero-order valence-corrected chi connectivity index (χ0v) is 25.8. The van der Waals surface area contributed by atoms with Crippen LogP contribution in [0.2, 0.25) is 10.0 Å². The molecular formula is C29H31Cl2N9O4. The van der Waals surface area contributed by atoms with Crippen molar-refractivity contribution in [1.29, 1.82) is 0 Å². The molecule has 0 aliphatic carbocycles. The zero-order valence-electron chi connectivity index (χ0n) is 24.3. The molecule has 2 atom stereocenters. The van der Waals surface area contributed by atoms with Gasteiger partial charge in [-0.2, -0.15) is 5.10 Å². The molecule has 15 heteroatoms. The highest BCUT2D eigenvalue weighted by Gasteiger charge is 2.35. The van der Waals surface area contributed by atoms with E-state index in [-0.39, 0.29) is 24.0 Å². The molecule has 2 aliphatic heterocycles. The molecule has 44 heavy (non-hydrogen) atoms. The first-order chi connectivity index (χ1) is 21.3.